The van der Waals surface area contributed by atoms with Gasteiger partial charge in [-0.2, -0.15) is 0 Å². The predicted molar refractivity (Wildman–Crippen MR) is 57.8 cm³/mol. The lowest BCUT2D eigenvalue weighted by Gasteiger charge is -2.05. The van der Waals surface area contributed by atoms with Crippen molar-refractivity contribution in [2.75, 3.05) is 0 Å². The highest BCUT2D eigenvalue weighted by Crippen LogP contribution is 2.26. The first-order chi connectivity index (χ1) is 7.74. The zero-order valence-corrected chi connectivity index (χ0v) is 9.00. The Hall–Kier alpha value is -1.84. The van der Waals surface area contributed by atoms with Gasteiger partial charge in [0.2, 0.25) is 0 Å². The Morgan fingerprint density at radius 3 is 2.69 bits per heavy atom. The Labute approximate surface area is 93.8 Å². The molecule has 4 nitrogen and oxygen atoms in total. The molecule has 1 saturated heterocycles. The molecule has 1 fully saturated rings. The number of benzene rings is 1. The minimum atomic E-state index is -0.423. The largest absolute Gasteiger partial charge is 0.445 e. The second kappa shape index (κ2) is 4.35. The molecule has 1 aliphatic rings. The number of amides is 1. The summed E-state index contributed by atoms with van der Waals surface area (Å²) in [6.07, 6.45) is 0.350. The van der Waals surface area contributed by atoms with Gasteiger partial charge in [0, 0.05) is 0 Å². The van der Waals surface area contributed by atoms with Crippen molar-refractivity contribution < 1.29 is 14.3 Å². The monoisotopic (exact) mass is 219 g/mol. The standard InChI is InChI=1S/C12H13NO3/c1-9-11(7-14)13(9)12(15)16-8-10-5-3-2-4-6-10/h2-7,9,11H,8H2,1H3/t9-,11-,13?/m1/s1. The van der Waals surface area contributed by atoms with Crippen LogP contribution in [0.4, 0.5) is 4.79 Å². The third-order valence-electron chi connectivity index (χ3n) is 2.72. The van der Waals surface area contributed by atoms with Gasteiger partial charge < -0.3 is 9.53 Å². The molecule has 0 radical (unpaired) electrons. The van der Waals surface area contributed by atoms with Crippen molar-refractivity contribution in [2.45, 2.75) is 25.6 Å². The van der Waals surface area contributed by atoms with Crippen LogP contribution in [0.2, 0.25) is 0 Å². The fourth-order valence-corrected chi connectivity index (χ4v) is 1.63. The molecule has 0 spiro atoms. The van der Waals surface area contributed by atoms with Gasteiger partial charge in [-0.3, -0.25) is 4.90 Å². The van der Waals surface area contributed by atoms with Crippen LogP contribution in [0.25, 0.3) is 0 Å². The molecule has 1 heterocycles. The van der Waals surface area contributed by atoms with E-state index in [9.17, 15) is 9.59 Å². The molecule has 2 rings (SSSR count). The third-order valence-corrected chi connectivity index (χ3v) is 2.72. The summed E-state index contributed by atoms with van der Waals surface area (Å²) in [5.74, 6) is 0. The maximum Gasteiger partial charge on any atom is 0.411 e. The maximum atomic E-state index is 11.5. The van der Waals surface area contributed by atoms with E-state index in [2.05, 4.69) is 0 Å². The first-order valence-corrected chi connectivity index (χ1v) is 5.18. The van der Waals surface area contributed by atoms with Crippen LogP contribution in [-0.2, 0) is 16.1 Å². The third kappa shape index (κ3) is 2.05. The average molecular weight is 219 g/mol. The number of hydrogen-bond donors (Lipinski definition) is 0. The highest BCUT2D eigenvalue weighted by Gasteiger charge is 2.48. The first-order valence-electron chi connectivity index (χ1n) is 5.18. The Morgan fingerprint density at radius 1 is 1.44 bits per heavy atom. The van der Waals surface area contributed by atoms with E-state index in [4.69, 9.17) is 4.74 Å². The number of carbonyl (C=O) groups excluding carboxylic acids is 2. The molecular formula is C12H13NO3. The highest BCUT2D eigenvalue weighted by atomic mass is 16.6. The predicted octanol–water partition coefficient (Wildman–Crippen LogP) is 1.59. The Balaban J connectivity index is 1.84. The molecule has 0 bridgehead atoms. The molecule has 0 aromatic heterocycles. The van der Waals surface area contributed by atoms with Crippen LogP contribution in [0.1, 0.15) is 12.5 Å². The van der Waals surface area contributed by atoms with E-state index in [0.717, 1.165) is 11.8 Å². The van der Waals surface area contributed by atoms with Gasteiger partial charge >= 0.3 is 6.09 Å². The van der Waals surface area contributed by atoms with Gasteiger partial charge in [0.1, 0.15) is 18.9 Å². The molecule has 16 heavy (non-hydrogen) atoms. The molecule has 0 unspecified atom stereocenters. The van der Waals surface area contributed by atoms with Crippen LogP contribution in [0, 0.1) is 0 Å². The summed E-state index contributed by atoms with van der Waals surface area (Å²) in [5.41, 5.74) is 0.938. The summed E-state index contributed by atoms with van der Waals surface area (Å²) < 4.78 is 5.08. The van der Waals surface area contributed by atoms with E-state index in [1.807, 2.05) is 37.3 Å². The summed E-state index contributed by atoms with van der Waals surface area (Å²) in [5, 5.41) is 0. The van der Waals surface area contributed by atoms with Crippen molar-refractivity contribution in [2.24, 2.45) is 0 Å². The summed E-state index contributed by atoms with van der Waals surface area (Å²) in [4.78, 5) is 23.4. The fraction of sp³-hybridized carbons (Fsp3) is 0.333. The SMILES string of the molecule is C[C@@H]1[C@@H](C=O)N1C(=O)OCc1ccccc1. The molecule has 0 N–H and O–H groups in total. The number of rotatable bonds is 3. The fourth-order valence-electron chi connectivity index (χ4n) is 1.63. The van der Waals surface area contributed by atoms with E-state index in [1.54, 1.807) is 0 Å². The second-order valence-corrected chi connectivity index (χ2v) is 3.81. The quantitative estimate of drug-likeness (QED) is 0.573. The number of carbonyl (C=O) groups is 2. The van der Waals surface area contributed by atoms with Crippen LogP contribution in [0.3, 0.4) is 0 Å². The van der Waals surface area contributed by atoms with Crippen molar-refractivity contribution in [3.05, 3.63) is 35.9 Å². The number of nitrogens with zero attached hydrogens (tertiary/aromatic N) is 1. The first kappa shape index (κ1) is 10.7. The summed E-state index contributed by atoms with van der Waals surface area (Å²) in [6.45, 7) is 2.07. The topological polar surface area (TPSA) is 46.4 Å². The minimum absolute atomic E-state index is 0.0271. The van der Waals surface area contributed by atoms with Crippen molar-refractivity contribution in [3.8, 4) is 0 Å². The molecule has 2 atom stereocenters. The molecule has 0 aliphatic carbocycles. The summed E-state index contributed by atoms with van der Waals surface area (Å²) in [7, 11) is 0. The maximum absolute atomic E-state index is 11.5. The van der Waals surface area contributed by atoms with Gasteiger partial charge in [-0.25, -0.2) is 4.79 Å². The van der Waals surface area contributed by atoms with E-state index in [-0.39, 0.29) is 18.7 Å². The van der Waals surface area contributed by atoms with Crippen molar-refractivity contribution in [3.63, 3.8) is 0 Å². The number of ether oxygens (including phenoxy) is 1. The van der Waals surface area contributed by atoms with Gasteiger partial charge in [0.15, 0.2) is 0 Å². The van der Waals surface area contributed by atoms with Crippen LogP contribution in [0.5, 0.6) is 0 Å². The minimum Gasteiger partial charge on any atom is -0.445 e. The average Bonchev–Trinajstić information content (AvgIpc) is 2.98. The molecular weight excluding hydrogens is 206 g/mol. The zero-order valence-electron chi connectivity index (χ0n) is 9.00. The summed E-state index contributed by atoms with van der Waals surface area (Å²) in [6, 6.07) is 9.12. The number of hydrogen-bond acceptors (Lipinski definition) is 3. The van der Waals surface area contributed by atoms with Crippen molar-refractivity contribution in [1.82, 2.24) is 4.90 Å². The van der Waals surface area contributed by atoms with E-state index >= 15 is 0 Å². The van der Waals surface area contributed by atoms with E-state index in [1.165, 1.54) is 4.90 Å². The van der Waals surface area contributed by atoms with Crippen LogP contribution in [0.15, 0.2) is 30.3 Å². The lowest BCUT2D eigenvalue weighted by molar-refractivity contribution is -0.108. The van der Waals surface area contributed by atoms with Gasteiger partial charge in [-0.05, 0) is 12.5 Å². The van der Waals surface area contributed by atoms with Gasteiger partial charge in [0.05, 0.1) is 6.04 Å². The lowest BCUT2D eigenvalue weighted by atomic mass is 10.2. The van der Waals surface area contributed by atoms with Gasteiger partial charge in [0.25, 0.3) is 0 Å². The van der Waals surface area contributed by atoms with E-state index < -0.39 is 6.09 Å². The number of aldehydes is 1. The Morgan fingerprint density at radius 2 is 2.12 bits per heavy atom. The van der Waals surface area contributed by atoms with Crippen LogP contribution < -0.4 is 0 Å². The lowest BCUT2D eigenvalue weighted by Crippen LogP contribution is -2.16. The molecule has 1 aromatic rings. The molecule has 1 aromatic carbocycles. The van der Waals surface area contributed by atoms with E-state index in [0.29, 0.717) is 0 Å². The highest BCUT2D eigenvalue weighted by molar-refractivity contribution is 5.80. The molecule has 1 amide bonds. The van der Waals surface area contributed by atoms with Crippen LogP contribution in [-0.4, -0.2) is 29.4 Å². The second-order valence-electron chi connectivity index (χ2n) is 3.81. The Kier molecular flexibility index (Phi) is 2.90. The van der Waals surface area contributed by atoms with Crippen LogP contribution >= 0.6 is 0 Å². The van der Waals surface area contributed by atoms with Crippen molar-refractivity contribution >= 4 is 12.4 Å². The molecule has 1 aliphatic heterocycles. The smallest absolute Gasteiger partial charge is 0.411 e. The van der Waals surface area contributed by atoms with Gasteiger partial charge in [-0.15, -0.1) is 0 Å². The Bertz CT molecular complexity index is 391. The molecule has 4 heteroatoms. The molecule has 0 saturated carbocycles. The summed E-state index contributed by atoms with van der Waals surface area (Å²) >= 11 is 0. The van der Waals surface area contributed by atoms with Gasteiger partial charge in [-0.1, -0.05) is 30.3 Å². The normalized spacial score (nSPS) is 22.7. The molecule has 84 valence electrons. The van der Waals surface area contributed by atoms with Crippen molar-refractivity contribution in [1.29, 1.82) is 0 Å². The zero-order chi connectivity index (χ0) is 11.5.